The van der Waals surface area contributed by atoms with E-state index in [1.54, 1.807) is 12.2 Å². The van der Waals surface area contributed by atoms with Gasteiger partial charge in [-0.25, -0.2) is 4.79 Å². The molecule has 6 heteroatoms. The first-order valence-corrected chi connectivity index (χ1v) is 7.02. The van der Waals surface area contributed by atoms with E-state index in [1.165, 1.54) is 0 Å². The van der Waals surface area contributed by atoms with E-state index >= 15 is 0 Å². The molecule has 2 unspecified atom stereocenters. The van der Waals surface area contributed by atoms with Crippen molar-refractivity contribution in [1.29, 1.82) is 0 Å². The molecular formula is C14H24N2O4. The van der Waals surface area contributed by atoms with E-state index in [0.29, 0.717) is 25.5 Å². The van der Waals surface area contributed by atoms with E-state index in [9.17, 15) is 9.59 Å². The molecule has 1 rings (SSSR count). The smallest absolute Gasteiger partial charge is 0.315 e. The molecule has 0 heterocycles. The molecule has 2 atom stereocenters. The fourth-order valence-electron chi connectivity index (χ4n) is 1.90. The van der Waals surface area contributed by atoms with Crippen LogP contribution in [0.15, 0.2) is 12.2 Å². The number of hydrogen-bond donors (Lipinski definition) is 3. The van der Waals surface area contributed by atoms with Gasteiger partial charge in [-0.1, -0.05) is 26.0 Å². The SMILES string of the molecule is CC(C)COCCCNC(=O)NC1C=CC(C(=O)O)C1. The monoisotopic (exact) mass is 284 g/mol. The van der Waals surface area contributed by atoms with E-state index in [0.717, 1.165) is 13.0 Å². The Morgan fingerprint density at radius 3 is 2.75 bits per heavy atom. The summed E-state index contributed by atoms with van der Waals surface area (Å²) in [6, 6.07) is -0.470. The zero-order chi connectivity index (χ0) is 15.0. The Kier molecular flexibility index (Phi) is 7.08. The van der Waals surface area contributed by atoms with Gasteiger partial charge in [-0.2, -0.15) is 0 Å². The lowest BCUT2D eigenvalue weighted by Gasteiger charge is -2.13. The highest BCUT2D eigenvalue weighted by Gasteiger charge is 2.25. The lowest BCUT2D eigenvalue weighted by Crippen LogP contribution is -2.41. The fraction of sp³-hybridized carbons (Fsp3) is 0.714. The topological polar surface area (TPSA) is 87.7 Å². The molecule has 0 fully saturated rings. The summed E-state index contributed by atoms with van der Waals surface area (Å²) in [6.07, 6.45) is 4.52. The summed E-state index contributed by atoms with van der Waals surface area (Å²) in [6.45, 7) is 6.08. The van der Waals surface area contributed by atoms with E-state index in [-0.39, 0.29) is 12.1 Å². The summed E-state index contributed by atoms with van der Waals surface area (Å²) in [7, 11) is 0. The van der Waals surface area contributed by atoms with Crippen molar-refractivity contribution in [2.75, 3.05) is 19.8 Å². The lowest BCUT2D eigenvalue weighted by molar-refractivity contribution is -0.140. The number of aliphatic carboxylic acids is 1. The van der Waals surface area contributed by atoms with Gasteiger partial charge in [-0.3, -0.25) is 4.79 Å². The summed E-state index contributed by atoms with van der Waals surface area (Å²) in [5.41, 5.74) is 0. The third kappa shape index (κ3) is 6.56. The molecule has 0 bridgehead atoms. The highest BCUT2D eigenvalue weighted by Crippen LogP contribution is 2.17. The summed E-state index contributed by atoms with van der Waals surface area (Å²) in [5, 5.41) is 14.3. The molecule has 0 saturated heterocycles. The van der Waals surface area contributed by atoms with Crippen LogP contribution in [0.1, 0.15) is 26.7 Å². The number of carbonyl (C=O) groups excluding carboxylic acids is 1. The van der Waals surface area contributed by atoms with Crippen molar-refractivity contribution in [1.82, 2.24) is 10.6 Å². The highest BCUT2D eigenvalue weighted by molar-refractivity contribution is 5.76. The second kappa shape index (κ2) is 8.58. The number of carboxylic acids is 1. The third-order valence-electron chi connectivity index (χ3n) is 2.92. The van der Waals surface area contributed by atoms with Crippen molar-refractivity contribution in [3.05, 3.63) is 12.2 Å². The van der Waals surface area contributed by atoms with Crippen LogP contribution in [0.4, 0.5) is 4.79 Å². The van der Waals surface area contributed by atoms with Crippen LogP contribution >= 0.6 is 0 Å². The average Bonchev–Trinajstić information content (AvgIpc) is 2.81. The number of carboxylic acid groups (broad SMARTS) is 1. The first-order valence-electron chi connectivity index (χ1n) is 7.02. The van der Waals surface area contributed by atoms with Crippen LogP contribution in [0.5, 0.6) is 0 Å². The van der Waals surface area contributed by atoms with Crippen molar-refractivity contribution in [3.8, 4) is 0 Å². The molecular weight excluding hydrogens is 260 g/mol. The predicted molar refractivity (Wildman–Crippen MR) is 75.5 cm³/mol. The Morgan fingerprint density at radius 1 is 1.40 bits per heavy atom. The number of nitrogens with one attached hydrogen (secondary N) is 2. The Morgan fingerprint density at radius 2 is 2.15 bits per heavy atom. The first kappa shape index (κ1) is 16.5. The Labute approximate surface area is 119 Å². The Hall–Kier alpha value is -1.56. The highest BCUT2D eigenvalue weighted by atomic mass is 16.5. The molecule has 0 aromatic carbocycles. The minimum atomic E-state index is -0.853. The second-order valence-corrected chi connectivity index (χ2v) is 5.39. The van der Waals surface area contributed by atoms with Gasteiger partial charge in [0.1, 0.15) is 0 Å². The number of carbonyl (C=O) groups is 2. The zero-order valence-electron chi connectivity index (χ0n) is 12.1. The predicted octanol–water partition coefficient (Wildman–Crippen LogP) is 1.38. The maximum absolute atomic E-state index is 11.6. The van der Waals surface area contributed by atoms with Crippen molar-refractivity contribution < 1.29 is 19.4 Å². The first-order chi connectivity index (χ1) is 9.49. The van der Waals surface area contributed by atoms with Gasteiger partial charge in [-0.15, -0.1) is 0 Å². The van der Waals surface area contributed by atoms with Gasteiger partial charge >= 0.3 is 12.0 Å². The normalized spacial score (nSPS) is 21.1. The molecule has 1 aliphatic carbocycles. The van der Waals surface area contributed by atoms with E-state index < -0.39 is 11.9 Å². The number of hydrogen-bond acceptors (Lipinski definition) is 3. The standard InChI is InChI=1S/C14H24N2O4/c1-10(2)9-20-7-3-6-15-14(19)16-12-5-4-11(8-12)13(17)18/h4-5,10-12H,3,6-9H2,1-2H3,(H,17,18)(H2,15,16,19). The molecule has 114 valence electrons. The van der Waals surface area contributed by atoms with Gasteiger partial charge < -0.3 is 20.5 Å². The largest absolute Gasteiger partial charge is 0.481 e. The van der Waals surface area contributed by atoms with Crippen LogP contribution in [-0.4, -0.2) is 42.9 Å². The quantitative estimate of drug-likeness (QED) is 0.464. The van der Waals surface area contributed by atoms with Crippen molar-refractivity contribution in [2.45, 2.75) is 32.7 Å². The molecule has 2 amide bonds. The van der Waals surface area contributed by atoms with Crippen LogP contribution in [0.2, 0.25) is 0 Å². The third-order valence-corrected chi connectivity index (χ3v) is 2.92. The van der Waals surface area contributed by atoms with Gasteiger partial charge in [0.15, 0.2) is 0 Å². The molecule has 0 aromatic rings. The van der Waals surface area contributed by atoms with Gasteiger partial charge in [-0.05, 0) is 18.8 Å². The number of amides is 2. The van der Waals surface area contributed by atoms with Gasteiger partial charge in [0.05, 0.1) is 12.0 Å². The number of urea groups is 1. The number of rotatable bonds is 8. The van der Waals surface area contributed by atoms with E-state index in [4.69, 9.17) is 9.84 Å². The lowest BCUT2D eigenvalue weighted by atomic mass is 10.1. The molecule has 0 radical (unpaired) electrons. The number of ether oxygens (including phenoxy) is 1. The molecule has 20 heavy (non-hydrogen) atoms. The van der Waals surface area contributed by atoms with Crippen molar-refractivity contribution in [3.63, 3.8) is 0 Å². The van der Waals surface area contributed by atoms with Crippen molar-refractivity contribution in [2.24, 2.45) is 11.8 Å². The van der Waals surface area contributed by atoms with Gasteiger partial charge in [0, 0.05) is 19.8 Å². The molecule has 0 saturated carbocycles. The summed E-state index contributed by atoms with van der Waals surface area (Å²) in [4.78, 5) is 22.3. The Bertz CT molecular complexity index is 355. The summed E-state index contributed by atoms with van der Waals surface area (Å²) in [5.74, 6) is -0.833. The van der Waals surface area contributed by atoms with Crippen LogP contribution in [-0.2, 0) is 9.53 Å². The minimum Gasteiger partial charge on any atom is -0.481 e. The zero-order valence-corrected chi connectivity index (χ0v) is 12.1. The molecule has 3 N–H and O–H groups in total. The van der Waals surface area contributed by atoms with Crippen LogP contribution in [0.3, 0.4) is 0 Å². The summed E-state index contributed by atoms with van der Waals surface area (Å²) < 4.78 is 5.40. The van der Waals surface area contributed by atoms with E-state index in [2.05, 4.69) is 24.5 Å². The second-order valence-electron chi connectivity index (χ2n) is 5.39. The molecule has 0 aromatic heterocycles. The molecule has 6 nitrogen and oxygen atoms in total. The van der Waals surface area contributed by atoms with Crippen LogP contribution in [0.25, 0.3) is 0 Å². The maximum atomic E-state index is 11.6. The molecule has 1 aliphatic rings. The van der Waals surface area contributed by atoms with Crippen LogP contribution < -0.4 is 10.6 Å². The minimum absolute atomic E-state index is 0.201. The van der Waals surface area contributed by atoms with E-state index in [1.807, 2.05) is 0 Å². The Balaban J connectivity index is 2.04. The van der Waals surface area contributed by atoms with Gasteiger partial charge in [0.2, 0.25) is 0 Å². The fourth-order valence-corrected chi connectivity index (χ4v) is 1.90. The maximum Gasteiger partial charge on any atom is 0.315 e. The molecule has 0 aliphatic heterocycles. The van der Waals surface area contributed by atoms with Gasteiger partial charge in [0.25, 0.3) is 0 Å². The van der Waals surface area contributed by atoms with Crippen molar-refractivity contribution >= 4 is 12.0 Å². The molecule has 0 spiro atoms. The average molecular weight is 284 g/mol. The van der Waals surface area contributed by atoms with Crippen LogP contribution in [0, 0.1) is 11.8 Å². The summed E-state index contributed by atoms with van der Waals surface area (Å²) >= 11 is 0.